The Morgan fingerprint density at radius 3 is 2.54 bits per heavy atom. The number of sulfonamides is 1. The van der Waals surface area contributed by atoms with Crippen molar-refractivity contribution in [2.24, 2.45) is 0 Å². The molecule has 0 atom stereocenters. The Hall–Kier alpha value is -1.70. The van der Waals surface area contributed by atoms with E-state index in [4.69, 9.17) is 11.6 Å². The summed E-state index contributed by atoms with van der Waals surface area (Å²) in [5, 5.41) is 0.583. The Balaban J connectivity index is 1.61. The fraction of sp³-hybridized carbons (Fsp3) is 0.375. The molecule has 24 heavy (non-hydrogen) atoms. The molecule has 1 fully saturated rings. The molecule has 8 heteroatoms. The number of hydrogen-bond donors (Lipinski definition) is 1. The van der Waals surface area contributed by atoms with Crippen LogP contribution in [0.25, 0.3) is 0 Å². The highest BCUT2D eigenvalue weighted by molar-refractivity contribution is 7.88. The first-order valence-corrected chi connectivity index (χ1v) is 9.83. The van der Waals surface area contributed by atoms with Crippen LogP contribution in [0.15, 0.2) is 36.5 Å². The van der Waals surface area contributed by atoms with Gasteiger partial charge >= 0.3 is 0 Å². The van der Waals surface area contributed by atoms with Crippen LogP contribution in [0.3, 0.4) is 0 Å². The molecular weight excluding hydrogens is 348 g/mol. The van der Waals surface area contributed by atoms with Gasteiger partial charge in [-0.25, -0.2) is 23.1 Å². The van der Waals surface area contributed by atoms with Gasteiger partial charge in [0.25, 0.3) is 0 Å². The van der Waals surface area contributed by atoms with E-state index in [9.17, 15) is 8.42 Å². The maximum Gasteiger partial charge on any atom is 0.225 e. The Labute approximate surface area is 146 Å². The van der Waals surface area contributed by atoms with Gasteiger partial charge in [0.15, 0.2) is 0 Å². The van der Waals surface area contributed by atoms with Crippen molar-refractivity contribution in [3.05, 3.63) is 52.8 Å². The minimum Gasteiger partial charge on any atom is -0.341 e. The second-order valence-electron chi connectivity index (χ2n) is 5.75. The third kappa shape index (κ3) is 4.66. The lowest BCUT2D eigenvalue weighted by Crippen LogP contribution is -2.26. The summed E-state index contributed by atoms with van der Waals surface area (Å²) < 4.78 is 27.0. The van der Waals surface area contributed by atoms with E-state index in [1.165, 1.54) is 0 Å². The number of halogens is 1. The summed E-state index contributed by atoms with van der Waals surface area (Å²) in [6.07, 6.45) is 3.95. The van der Waals surface area contributed by atoms with Gasteiger partial charge in [0, 0.05) is 24.3 Å². The Kier molecular flexibility index (Phi) is 5.33. The van der Waals surface area contributed by atoms with Gasteiger partial charge in [0.1, 0.15) is 0 Å². The van der Waals surface area contributed by atoms with Crippen LogP contribution >= 0.6 is 11.6 Å². The lowest BCUT2D eigenvalue weighted by Gasteiger charge is -2.15. The molecule has 1 aromatic carbocycles. The molecule has 1 saturated heterocycles. The number of benzene rings is 1. The fourth-order valence-corrected chi connectivity index (χ4v) is 3.81. The molecule has 0 unspecified atom stereocenters. The van der Waals surface area contributed by atoms with Crippen LogP contribution in [0, 0.1) is 0 Å². The molecule has 128 valence electrons. The fourth-order valence-electron chi connectivity index (χ4n) is 2.59. The van der Waals surface area contributed by atoms with Crippen molar-refractivity contribution >= 4 is 27.6 Å². The van der Waals surface area contributed by atoms with Gasteiger partial charge in [-0.2, -0.15) is 0 Å². The Morgan fingerprint density at radius 2 is 1.83 bits per heavy atom. The average Bonchev–Trinajstić information content (AvgIpc) is 3.10. The predicted octanol–water partition coefficient (Wildman–Crippen LogP) is 2.35. The molecule has 3 rings (SSSR count). The summed E-state index contributed by atoms with van der Waals surface area (Å²) in [5.41, 5.74) is 1.35. The van der Waals surface area contributed by atoms with Crippen LogP contribution in [0.2, 0.25) is 5.02 Å². The lowest BCUT2D eigenvalue weighted by molar-refractivity contribution is 0.579. The zero-order valence-electron chi connectivity index (χ0n) is 13.2. The van der Waals surface area contributed by atoms with Crippen molar-refractivity contribution in [2.45, 2.75) is 25.1 Å². The van der Waals surface area contributed by atoms with Crippen molar-refractivity contribution in [3.8, 4) is 0 Å². The molecule has 2 heterocycles. The molecule has 2 aromatic rings. The smallest absolute Gasteiger partial charge is 0.225 e. The molecule has 0 saturated carbocycles. The van der Waals surface area contributed by atoms with Gasteiger partial charge in [-0.3, -0.25) is 0 Å². The topological polar surface area (TPSA) is 75.2 Å². The normalized spacial score (nSPS) is 15.0. The standard InChI is InChI=1S/C16H19ClN4O2S/c17-14-5-3-13(4-6-14)12-24(22,23)19-11-15-7-8-18-16(20-15)21-9-1-2-10-21/h3-8,19H,1-2,9-12H2. The van der Waals surface area contributed by atoms with E-state index in [2.05, 4.69) is 19.6 Å². The number of nitrogens with zero attached hydrogens (tertiary/aromatic N) is 3. The molecular formula is C16H19ClN4O2S. The van der Waals surface area contributed by atoms with Crippen LogP contribution in [0.1, 0.15) is 24.1 Å². The quantitative estimate of drug-likeness (QED) is 0.849. The van der Waals surface area contributed by atoms with Gasteiger partial charge in [0.05, 0.1) is 18.0 Å². The van der Waals surface area contributed by atoms with Crippen LogP contribution in [0.4, 0.5) is 5.95 Å². The van der Waals surface area contributed by atoms with Crippen LogP contribution < -0.4 is 9.62 Å². The third-order valence-corrected chi connectivity index (χ3v) is 5.38. The SMILES string of the molecule is O=S(=O)(Cc1ccc(Cl)cc1)NCc1ccnc(N2CCCC2)n1. The zero-order valence-corrected chi connectivity index (χ0v) is 14.7. The van der Waals surface area contributed by atoms with Crippen molar-refractivity contribution in [3.63, 3.8) is 0 Å². The van der Waals surface area contributed by atoms with E-state index in [1.807, 2.05) is 0 Å². The van der Waals surface area contributed by atoms with Crippen LogP contribution in [-0.4, -0.2) is 31.5 Å². The van der Waals surface area contributed by atoms with E-state index < -0.39 is 10.0 Å². The molecule has 1 aliphatic heterocycles. The van der Waals surface area contributed by atoms with Crippen molar-refractivity contribution < 1.29 is 8.42 Å². The van der Waals surface area contributed by atoms with E-state index in [-0.39, 0.29) is 12.3 Å². The van der Waals surface area contributed by atoms with Crippen molar-refractivity contribution in [1.29, 1.82) is 0 Å². The highest BCUT2D eigenvalue weighted by Crippen LogP contribution is 2.15. The van der Waals surface area contributed by atoms with Crippen LogP contribution in [0.5, 0.6) is 0 Å². The lowest BCUT2D eigenvalue weighted by atomic mass is 10.2. The van der Waals surface area contributed by atoms with E-state index >= 15 is 0 Å². The summed E-state index contributed by atoms with van der Waals surface area (Å²) in [5.74, 6) is 0.579. The second-order valence-corrected chi connectivity index (χ2v) is 7.99. The molecule has 1 aromatic heterocycles. The van der Waals surface area contributed by atoms with Gasteiger partial charge < -0.3 is 4.90 Å². The molecule has 1 aliphatic rings. The third-order valence-electron chi connectivity index (χ3n) is 3.83. The predicted molar refractivity (Wildman–Crippen MR) is 94.4 cm³/mol. The number of nitrogens with one attached hydrogen (secondary N) is 1. The summed E-state index contributed by atoms with van der Waals surface area (Å²) in [4.78, 5) is 10.8. The number of aromatic nitrogens is 2. The van der Waals surface area contributed by atoms with Gasteiger partial charge in [0.2, 0.25) is 16.0 Å². The summed E-state index contributed by atoms with van der Waals surface area (Å²) in [6, 6.07) is 8.50. The number of anilines is 1. The highest BCUT2D eigenvalue weighted by Gasteiger charge is 2.16. The molecule has 0 aliphatic carbocycles. The maximum absolute atomic E-state index is 12.2. The summed E-state index contributed by atoms with van der Waals surface area (Å²) >= 11 is 5.81. The zero-order chi connectivity index (χ0) is 17.0. The Bertz CT molecular complexity index is 790. The molecule has 1 N–H and O–H groups in total. The van der Waals surface area contributed by atoms with Gasteiger partial charge in [-0.15, -0.1) is 0 Å². The average molecular weight is 367 g/mol. The number of hydrogen-bond acceptors (Lipinski definition) is 5. The summed E-state index contributed by atoms with van der Waals surface area (Å²) in [7, 11) is -3.44. The molecule has 0 amide bonds. The Morgan fingerprint density at radius 1 is 1.12 bits per heavy atom. The largest absolute Gasteiger partial charge is 0.341 e. The van der Waals surface area contributed by atoms with Gasteiger partial charge in [-0.1, -0.05) is 23.7 Å². The van der Waals surface area contributed by atoms with Crippen molar-refractivity contribution in [2.75, 3.05) is 18.0 Å². The molecule has 0 spiro atoms. The van der Waals surface area contributed by atoms with Gasteiger partial charge in [-0.05, 0) is 36.6 Å². The first kappa shape index (κ1) is 17.1. The molecule has 0 bridgehead atoms. The maximum atomic E-state index is 12.2. The highest BCUT2D eigenvalue weighted by atomic mass is 35.5. The van der Waals surface area contributed by atoms with Crippen LogP contribution in [-0.2, 0) is 22.3 Å². The van der Waals surface area contributed by atoms with E-state index in [0.29, 0.717) is 22.2 Å². The van der Waals surface area contributed by atoms with E-state index in [1.54, 1.807) is 36.5 Å². The molecule has 6 nitrogen and oxygen atoms in total. The number of rotatable bonds is 6. The van der Waals surface area contributed by atoms with E-state index in [0.717, 1.165) is 25.9 Å². The minimum atomic E-state index is -3.44. The minimum absolute atomic E-state index is 0.0891. The second kappa shape index (κ2) is 7.46. The molecule has 0 radical (unpaired) electrons. The monoisotopic (exact) mass is 366 g/mol. The summed E-state index contributed by atoms with van der Waals surface area (Å²) in [6.45, 7) is 2.05. The first-order chi connectivity index (χ1) is 11.5. The first-order valence-electron chi connectivity index (χ1n) is 7.80. The van der Waals surface area contributed by atoms with Crippen molar-refractivity contribution in [1.82, 2.24) is 14.7 Å².